The Balaban J connectivity index is 1.38. The van der Waals surface area contributed by atoms with Gasteiger partial charge in [-0.2, -0.15) is 11.8 Å². The standard InChI is InChI=1S/C26H30N2O5S/c1-34-13-12-22(24(29)27-23(25(30)31)14-16-10-11-16)28-26(32)33-15-21-19-8-4-2-6-17(19)18-7-3-5-9-20(18)21/h2-9,16,21-23H,10-15H2,1H3,(H,27,29)(H,28,32)(H,30,31)/t22-,23+/m1/s1. The van der Waals surface area contributed by atoms with Crippen LogP contribution in [0.4, 0.5) is 4.79 Å². The molecule has 34 heavy (non-hydrogen) atoms. The van der Waals surface area contributed by atoms with E-state index in [1.165, 1.54) is 0 Å². The van der Waals surface area contributed by atoms with Gasteiger partial charge in [0.15, 0.2) is 0 Å². The number of aliphatic carboxylic acids is 1. The first-order valence-corrected chi connectivity index (χ1v) is 13.0. The molecular weight excluding hydrogens is 452 g/mol. The Morgan fingerprint density at radius 2 is 1.62 bits per heavy atom. The van der Waals surface area contributed by atoms with Crippen LogP contribution in [0.25, 0.3) is 11.1 Å². The molecule has 0 saturated heterocycles. The molecule has 3 N–H and O–H groups in total. The SMILES string of the molecule is CSCC[C@@H](NC(=O)OCC1c2ccccc2-c2ccccc21)C(=O)N[C@@H](CC1CC1)C(=O)O. The number of carboxylic acid groups (broad SMARTS) is 1. The van der Waals surface area contributed by atoms with Gasteiger partial charge in [0.25, 0.3) is 0 Å². The van der Waals surface area contributed by atoms with Crippen molar-refractivity contribution < 1.29 is 24.2 Å². The van der Waals surface area contributed by atoms with Gasteiger partial charge in [0, 0.05) is 5.92 Å². The van der Waals surface area contributed by atoms with Crippen molar-refractivity contribution in [2.45, 2.75) is 43.7 Å². The van der Waals surface area contributed by atoms with Gasteiger partial charge in [0.1, 0.15) is 18.7 Å². The molecule has 2 aliphatic carbocycles. The van der Waals surface area contributed by atoms with Crippen molar-refractivity contribution in [1.82, 2.24) is 10.6 Å². The van der Waals surface area contributed by atoms with Crippen LogP contribution in [0.5, 0.6) is 0 Å². The van der Waals surface area contributed by atoms with E-state index in [2.05, 4.69) is 22.8 Å². The number of benzene rings is 2. The summed E-state index contributed by atoms with van der Waals surface area (Å²) in [5.74, 6) is -0.629. The summed E-state index contributed by atoms with van der Waals surface area (Å²) in [6.45, 7) is 0.149. The molecule has 2 atom stereocenters. The molecule has 2 aromatic carbocycles. The van der Waals surface area contributed by atoms with Crippen LogP contribution in [0.15, 0.2) is 48.5 Å². The molecule has 2 aliphatic rings. The Hall–Kier alpha value is -3.00. The molecule has 2 aromatic rings. The minimum atomic E-state index is -1.05. The van der Waals surface area contributed by atoms with Crippen molar-refractivity contribution in [3.8, 4) is 11.1 Å². The number of carbonyl (C=O) groups is 3. The minimum absolute atomic E-state index is 0.0773. The molecule has 1 fully saturated rings. The second-order valence-electron chi connectivity index (χ2n) is 8.88. The second kappa shape index (κ2) is 11.0. The molecular formula is C26H30N2O5S. The highest BCUT2D eigenvalue weighted by Crippen LogP contribution is 2.44. The van der Waals surface area contributed by atoms with Crippen LogP contribution in [-0.4, -0.2) is 53.8 Å². The zero-order valence-electron chi connectivity index (χ0n) is 19.2. The highest BCUT2D eigenvalue weighted by atomic mass is 32.2. The average molecular weight is 483 g/mol. The second-order valence-corrected chi connectivity index (χ2v) is 9.87. The molecule has 7 nitrogen and oxygen atoms in total. The van der Waals surface area contributed by atoms with E-state index in [0.29, 0.717) is 24.5 Å². The third kappa shape index (κ3) is 5.73. The van der Waals surface area contributed by atoms with Gasteiger partial charge in [0.2, 0.25) is 5.91 Å². The summed E-state index contributed by atoms with van der Waals surface area (Å²) < 4.78 is 5.57. The van der Waals surface area contributed by atoms with Gasteiger partial charge in [-0.15, -0.1) is 0 Å². The highest BCUT2D eigenvalue weighted by Gasteiger charge is 2.33. The van der Waals surface area contributed by atoms with Gasteiger partial charge in [-0.25, -0.2) is 9.59 Å². The zero-order chi connectivity index (χ0) is 24.1. The van der Waals surface area contributed by atoms with Crippen molar-refractivity contribution in [3.63, 3.8) is 0 Å². The third-order valence-corrected chi connectivity index (χ3v) is 7.09. The summed E-state index contributed by atoms with van der Waals surface area (Å²) >= 11 is 1.55. The predicted octanol–water partition coefficient (Wildman–Crippen LogP) is 4.02. The molecule has 1 saturated carbocycles. The van der Waals surface area contributed by atoms with E-state index in [9.17, 15) is 19.5 Å². The fourth-order valence-corrected chi connectivity index (χ4v) is 4.94. The van der Waals surface area contributed by atoms with E-state index in [1.54, 1.807) is 11.8 Å². The molecule has 8 heteroatoms. The molecule has 0 spiro atoms. The summed E-state index contributed by atoms with van der Waals surface area (Å²) in [7, 11) is 0. The van der Waals surface area contributed by atoms with Crippen LogP contribution in [0.2, 0.25) is 0 Å². The molecule has 0 bridgehead atoms. The first kappa shape index (κ1) is 24.1. The maximum absolute atomic E-state index is 12.8. The quantitative estimate of drug-likeness (QED) is 0.447. The van der Waals surface area contributed by atoms with E-state index in [1.807, 2.05) is 42.7 Å². The van der Waals surface area contributed by atoms with Gasteiger partial charge in [-0.1, -0.05) is 61.4 Å². The van der Waals surface area contributed by atoms with Gasteiger partial charge in [-0.05, 0) is 53.0 Å². The normalized spacial score (nSPS) is 16.1. The summed E-state index contributed by atoms with van der Waals surface area (Å²) in [5, 5.41) is 14.7. The van der Waals surface area contributed by atoms with Crippen LogP contribution in [0, 0.1) is 5.92 Å². The fourth-order valence-electron chi connectivity index (χ4n) is 4.47. The molecule has 180 valence electrons. The lowest BCUT2D eigenvalue weighted by atomic mass is 9.98. The predicted molar refractivity (Wildman–Crippen MR) is 132 cm³/mol. The minimum Gasteiger partial charge on any atom is -0.480 e. The Kier molecular flexibility index (Phi) is 7.77. The molecule has 4 rings (SSSR count). The molecule has 0 radical (unpaired) electrons. The van der Waals surface area contributed by atoms with Gasteiger partial charge in [-0.3, -0.25) is 4.79 Å². The molecule has 0 unspecified atom stereocenters. The number of carbonyl (C=O) groups excluding carboxylic acids is 2. The van der Waals surface area contributed by atoms with E-state index < -0.39 is 30.1 Å². The van der Waals surface area contributed by atoms with Gasteiger partial charge >= 0.3 is 12.1 Å². The summed E-state index contributed by atoms with van der Waals surface area (Å²) in [6, 6.07) is 14.4. The number of hydrogen-bond acceptors (Lipinski definition) is 5. The van der Waals surface area contributed by atoms with Gasteiger partial charge in [0.05, 0.1) is 0 Å². The van der Waals surface area contributed by atoms with E-state index in [4.69, 9.17) is 4.74 Å². The topological polar surface area (TPSA) is 105 Å². The highest BCUT2D eigenvalue weighted by molar-refractivity contribution is 7.98. The van der Waals surface area contributed by atoms with Crippen molar-refractivity contribution >= 4 is 29.7 Å². The lowest BCUT2D eigenvalue weighted by Crippen LogP contribution is -2.52. The number of amides is 2. The number of rotatable bonds is 11. The number of thioether (sulfide) groups is 1. The smallest absolute Gasteiger partial charge is 0.407 e. The van der Waals surface area contributed by atoms with Crippen molar-refractivity contribution in [2.24, 2.45) is 5.92 Å². The van der Waals surface area contributed by atoms with Gasteiger partial charge < -0.3 is 20.5 Å². The maximum Gasteiger partial charge on any atom is 0.407 e. The molecule has 0 heterocycles. The Morgan fingerprint density at radius 1 is 1.00 bits per heavy atom. The van der Waals surface area contributed by atoms with Crippen molar-refractivity contribution in [3.05, 3.63) is 59.7 Å². The first-order valence-electron chi connectivity index (χ1n) is 11.6. The van der Waals surface area contributed by atoms with Crippen molar-refractivity contribution in [2.75, 3.05) is 18.6 Å². The molecule has 0 aromatic heterocycles. The van der Waals surface area contributed by atoms with Crippen molar-refractivity contribution in [1.29, 1.82) is 0 Å². The Morgan fingerprint density at radius 3 is 2.18 bits per heavy atom. The van der Waals surface area contributed by atoms with Crippen LogP contribution < -0.4 is 10.6 Å². The summed E-state index contributed by atoms with van der Waals surface area (Å²) in [6.07, 6.45) is 4.02. The van der Waals surface area contributed by atoms with E-state index >= 15 is 0 Å². The Labute approximate surface area is 203 Å². The van der Waals surface area contributed by atoms with E-state index in [-0.39, 0.29) is 12.5 Å². The average Bonchev–Trinajstić information content (AvgIpc) is 3.60. The van der Waals surface area contributed by atoms with E-state index in [0.717, 1.165) is 35.1 Å². The largest absolute Gasteiger partial charge is 0.480 e. The zero-order valence-corrected chi connectivity index (χ0v) is 20.0. The number of alkyl carbamates (subject to hydrolysis) is 1. The summed E-state index contributed by atoms with van der Waals surface area (Å²) in [4.78, 5) is 37.1. The number of carboxylic acids is 1. The number of ether oxygens (including phenoxy) is 1. The van der Waals surface area contributed by atoms with Crippen LogP contribution in [0.1, 0.15) is 42.7 Å². The lowest BCUT2D eigenvalue weighted by molar-refractivity contribution is -0.142. The maximum atomic E-state index is 12.8. The number of hydrogen-bond donors (Lipinski definition) is 3. The number of nitrogens with one attached hydrogen (secondary N) is 2. The number of fused-ring (bicyclic) bond motifs is 3. The molecule has 0 aliphatic heterocycles. The van der Waals surface area contributed by atoms with Crippen LogP contribution >= 0.6 is 11.8 Å². The third-order valence-electron chi connectivity index (χ3n) is 6.44. The fraction of sp³-hybridized carbons (Fsp3) is 0.423. The molecule has 2 amide bonds. The first-order chi connectivity index (χ1) is 16.5. The Bertz CT molecular complexity index is 1010. The summed E-state index contributed by atoms with van der Waals surface area (Å²) in [5.41, 5.74) is 4.49. The van der Waals surface area contributed by atoms with Crippen LogP contribution in [-0.2, 0) is 14.3 Å². The lowest BCUT2D eigenvalue weighted by Gasteiger charge is -2.22. The van der Waals surface area contributed by atoms with Crippen LogP contribution in [0.3, 0.4) is 0 Å². The monoisotopic (exact) mass is 482 g/mol.